The molecule has 0 N–H and O–H groups in total. The standard InChI is InChI=1S/C14H15BrFNO/c15-13-11(5-2-6-12(13)16)14(18)17-7-9-3-1-4-10(9)8-17/h2,5-6,9-10H,1,3-4,7-8H2. The van der Waals surface area contributed by atoms with E-state index in [1.807, 2.05) is 4.90 Å². The SMILES string of the molecule is O=C(c1cccc(F)c1Br)N1CC2CCCC2C1. The van der Waals surface area contributed by atoms with E-state index in [1.165, 1.54) is 25.3 Å². The summed E-state index contributed by atoms with van der Waals surface area (Å²) in [6, 6.07) is 4.63. The maximum absolute atomic E-state index is 13.4. The van der Waals surface area contributed by atoms with Crippen LogP contribution in [-0.2, 0) is 0 Å². The topological polar surface area (TPSA) is 20.3 Å². The number of halogens is 2. The molecule has 1 aromatic rings. The van der Waals surface area contributed by atoms with Crippen LogP contribution in [0.3, 0.4) is 0 Å². The van der Waals surface area contributed by atoms with Crippen molar-refractivity contribution in [2.75, 3.05) is 13.1 Å². The number of amides is 1. The van der Waals surface area contributed by atoms with E-state index in [0.29, 0.717) is 17.4 Å². The molecule has 2 fully saturated rings. The fourth-order valence-corrected chi connectivity index (χ4v) is 3.67. The first-order chi connectivity index (χ1) is 8.66. The zero-order chi connectivity index (χ0) is 12.7. The van der Waals surface area contributed by atoms with Crippen molar-refractivity contribution >= 4 is 21.8 Å². The Morgan fingerprint density at radius 2 is 1.94 bits per heavy atom. The van der Waals surface area contributed by atoms with Crippen LogP contribution in [0.1, 0.15) is 29.6 Å². The molecule has 2 atom stereocenters. The molecule has 1 amide bonds. The molecule has 1 saturated heterocycles. The molecule has 4 heteroatoms. The molecule has 2 aliphatic rings. The summed E-state index contributed by atoms with van der Waals surface area (Å²) < 4.78 is 13.7. The van der Waals surface area contributed by atoms with E-state index in [4.69, 9.17) is 0 Å². The van der Waals surface area contributed by atoms with Gasteiger partial charge in [0.2, 0.25) is 0 Å². The first-order valence-electron chi connectivity index (χ1n) is 6.40. The highest BCUT2D eigenvalue weighted by atomic mass is 79.9. The third-order valence-corrected chi connectivity index (χ3v) is 5.00. The summed E-state index contributed by atoms with van der Waals surface area (Å²) in [4.78, 5) is 14.3. The van der Waals surface area contributed by atoms with Crippen LogP contribution in [0.2, 0.25) is 0 Å². The molecule has 0 aromatic heterocycles. The number of hydrogen-bond donors (Lipinski definition) is 0. The summed E-state index contributed by atoms with van der Waals surface area (Å²) >= 11 is 3.17. The van der Waals surface area contributed by atoms with Gasteiger partial charge in [-0.05, 0) is 52.7 Å². The molecular formula is C14H15BrFNO. The molecule has 1 aliphatic carbocycles. The van der Waals surface area contributed by atoms with Gasteiger partial charge < -0.3 is 4.90 Å². The second kappa shape index (κ2) is 4.65. The number of likely N-dealkylation sites (tertiary alicyclic amines) is 1. The van der Waals surface area contributed by atoms with Gasteiger partial charge in [-0.15, -0.1) is 0 Å². The van der Waals surface area contributed by atoms with Crippen LogP contribution in [0.4, 0.5) is 4.39 Å². The Balaban J connectivity index is 1.81. The lowest BCUT2D eigenvalue weighted by atomic mass is 10.0. The molecule has 18 heavy (non-hydrogen) atoms. The van der Waals surface area contributed by atoms with Crippen molar-refractivity contribution in [3.05, 3.63) is 34.1 Å². The number of nitrogens with zero attached hydrogens (tertiary/aromatic N) is 1. The first-order valence-corrected chi connectivity index (χ1v) is 7.19. The van der Waals surface area contributed by atoms with Crippen LogP contribution in [0, 0.1) is 17.7 Å². The highest BCUT2D eigenvalue weighted by Crippen LogP contribution is 2.38. The Bertz CT molecular complexity index is 479. The maximum Gasteiger partial charge on any atom is 0.255 e. The van der Waals surface area contributed by atoms with Crippen molar-refractivity contribution < 1.29 is 9.18 Å². The van der Waals surface area contributed by atoms with E-state index in [0.717, 1.165) is 13.1 Å². The highest BCUT2D eigenvalue weighted by molar-refractivity contribution is 9.10. The van der Waals surface area contributed by atoms with Crippen molar-refractivity contribution in [2.24, 2.45) is 11.8 Å². The summed E-state index contributed by atoms with van der Waals surface area (Å²) in [6.07, 6.45) is 3.76. The van der Waals surface area contributed by atoms with Gasteiger partial charge in [0.25, 0.3) is 5.91 Å². The molecule has 1 heterocycles. The fraction of sp³-hybridized carbons (Fsp3) is 0.500. The summed E-state index contributed by atoms with van der Waals surface area (Å²) in [7, 11) is 0. The van der Waals surface area contributed by atoms with Gasteiger partial charge in [0.15, 0.2) is 0 Å². The summed E-state index contributed by atoms with van der Waals surface area (Å²) in [5.74, 6) is 0.915. The molecule has 1 saturated carbocycles. The Kier molecular flexibility index (Phi) is 3.14. The van der Waals surface area contributed by atoms with E-state index in [-0.39, 0.29) is 16.2 Å². The van der Waals surface area contributed by atoms with Gasteiger partial charge in [0.1, 0.15) is 5.82 Å². The van der Waals surface area contributed by atoms with Crippen LogP contribution in [-0.4, -0.2) is 23.9 Å². The summed E-state index contributed by atoms with van der Waals surface area (Å²) in [5, 5.41) is 0. The molecule has 1 aromatic carbocycles. The van der Waals surface area contributed by atoms with Crippen molar-refractivity contribution in [3.8, 4) is 0 Å². The summed E-state index contributed by atoms with van der Waals surface area (Å²) in [5.41, 5.74) is 0.440. The fourth-order valence-electron chi connectivity index (χ4n) is 3.24. The minimum atomic E-state index is -0.375. The van der Waals surface area contributed by atoms with Gasteiger partial charge in [-0.3, -0.25) is 4.79 Å². The van der Waals surface area contributed by atoms with Gasteiger partial charge in [0, 0.05) is 13.1 Å². The second-order valence-corrected chi connectivity index (χ2v) is 6.06. The van der Waals surface area contributed by atoms with Gasteiger partial charge in [0.05, 0.1) is 10.0 Å². The van der Waals surface area contributed by atoms with E-state index in [9.17, 15) is 9.18 Å². The third-order valence-electron chi connectivity index (χ3n) is 4.20. The number of fused-ring (bicyclic) bond motifs is 1. The number of hydrogen-bond acceptors (Lipinski definition) is 1. The Hall–Kier alpha value is -0.900. The highest BCUT2D eigenvalue weighted by Gasteiger charge is 2.38. The molecule has 2 nitrogen and oxygen atoms in total. The normalized spacial score (nSPS) is 26.4. The zero-order valence-corrected chi connectivity index (χ0v) is 11.6. The molecule has 1 aliphatic heterocycles. The van der Waals surface area contributed by atoms with Gasteiger partial charge in [-0.1, -0.05) is 12.5 Å². The van der Waals surface area contributed by atoms with Gasteiger partial charge in [-0.2, -0.15) is 0 Å². The zero-order valence-electron chi connectivity index (χ0n) is 10.0. The van der Waals surface area contributed by atoms with Crippen LogP contribution in [0.5, 0.6) is 0 Å². The molecule has 3 rings (SSSR count). The molecule has 96 valence electrons. The number of benzene rings is 1. The van der Waals surface area contributed by atoms with E-state index in [2.05, 4.69) is 15.9 Å². The first kappa shape index (κ1) is 12.2. The van der Waals surface area contributed by atoms with Crippen molar-refractivity contribution in [1.29, 1.82) is 0 Å². The van der Waals surface area contributed by atoms with Crippen LogP contribution in [0.25, 0.3) is 0 Å². The van der Waals surface area contributed by atoms with E-state index in [1.54, 1.807) is 12.1 Å². The van der Waals surface area contributed by atoms with Crippen LogP contribution in [0.15, 0.2) is 22.7 Å². The van der Waals surface area contributed by atoms with Gasteiger partial charge >= 0.3 is 0 Å². The average Bonchev–Trinajstić information content (AvgIpc) is 2.92. The minimum absolute atomic E-state index is 0.0456. The number of rotatable bonds is 1. The van der Waals surface area contributed by atoms with Crippen molar-refractivity contribution in [2.45, 2.75) is 19.3 Å². The quantitative estimate of drug-likeness (QED) is 0.778. The third kappa shape index (κ3) is 1.96. The lowest BCUT2D eigenvalue weighted by Gasteiger charge is -2.18. The molecule has 0 radical (unpaired) electrons. The molecule has 0 spiro atoms. The molecule has 2 unspecified atom stereocenters. The van der Waals surface area contributed by atoms with Crippen molar-refractivity contribution in [3.63, 3.8) is 0 Å². The maximum atomic E-state index is 13.4. The van der Waals surface area contributed by atoms with Crippen LogP contribution < -0.4 is 0 Å². The van der Waals surface area contributed by atoms with Crippen LogP contribution >= 0.6 is 15.9 Å². The Morgan fingerprint density at radius 1 is 1.28 bits per heavy atom. The largest absolute Gasteiger partial charge is 0.338 e. The lowest BCUT2D eigenvalue weighted by molar-refractivity contribution is 0.0779. The summed E-state index contributed by atoms with van der Waals surface area (Å²) in [6.45, 7) is 1.68. The van der Waals surface area contributed by atoms with Gasteiger partial charge in [-0.25, -0.2) is 4.39 Å². The monoisotopic (exact) mass is 311 g/mol. The van der Waals surface area contributed by atoms with E-state index < -0.39 is 0 Å². The van der Waals surface area contributed by atoms with Crippen molar-refractivity contribution in [1.82, 2.24) is 4.90 Å². The number of carbonyl (C=O) groups excluding carboxylic acids is 1. The lowest BCUT2D eigenvalue weighted by Crippen LogP contribution is -2.29. The van der Waals surface area contributed by atoms with E-state index >= 15 is 0 Å². The average molecular weight is 312 g/mol. The Morgan fingerprint density at radius 3 is 2.61 bits per heavy atom. The predicted molar refractivity (Wildman–Crippen MR) is 70.8 cm³/mol. The Labute approximate surface area is 114 Å². The number of carbonyl (C=O) groups is 1. The predicted octanol–water partition coefficient (Wildman–Crippen LogP) is 3.46. The second-order valence-electron chi connectivity index (χ2n) is 5.26. The minimum Gasteiger partial charge on any atom is -0.338 e. The molecule has 0 bridgehead atoms. The molecular weight excluding hydrogens is 297 g/mol. The smallest absolute Gasteiger partial charge is 0.255 e.